The van der Waals surface area contributed by atoms with E-state index in [9.17, 15) is 14.0 Å². The Morgan fingerprint density at radius 1 is 1.09 bits per heavy atom. The highest BCUT2D eigenvalue weighted by Crippen LogP contribution is 2.17. The number of hydrogen-bond donors (Lipinski definition) is 1. The molecule has 2 aromatic heterocycles. The Labute approximate surface area is 187 Å². The molecule has 0 radical (unpaired) electrons. The van der Waals surface area contributed by atoms with Gasteiger partial charge in [-0.3, -0.25) is 18.6 Å². The van der Waals surface area contributed by atoms with E-state index in [0.29, 0.717) is 24.0 Å². The van der Waals surface area contributed by atoms with E-state index in [0.717, 1.165) is 11.3 Å². The maximum absolute atomic E-state index is 13.0. The number of aromatic nitrogens is 4. The van der Waals surface area contributed by atoms with Crippen molar-refractivity contribution >= 4 is 23.3 Å². The van der Waals surface area contributed by atoms with Gasteiger partial charge in [-0.25, -0.2) is 4.39 Å². The first-order valence-electron chi connectivity index (χ1n) is 9.88. The smallest absolute Gasteiger partial charge is 0.300 e. The minimum Gasteiger partial charge on any atom is -0.494 e. The molecule has 1 N–H and O–H groups in total. The number of nitrogens with one attached hydrogen (secondary N) is 1. The van der Waals surface area contributed by atoms with Gasteiger partial charge in [0.05, 0.1) is 12.4 Å². The number of thioether (sulfide) groups is 1. The molecule has 0 unspecified atom stereocenters. The number of carbonyl (C=O) groups excluding carboxylic acids is 1. The molecule has 4 aromatic rings. The number of amides is 1. The summed E-state index contributed by atoms with van der Waals surface area (Å²) in [6, 6.07) is 13.1. The van der Waals surface area contributed by atoms with Crippen LogP contribution in [0.15, 0.2) is 70.9 Å². The van der Waals surface area contributed by atoms with Gasteiger partial charge < -0.3 is 10.1 Å². The third kappa shape index (κ3) is 4.80. The summed E-state index contributed by atoms with van der Waals surface area (Å²) >= 11 is 1.17. The first-order chi connectivity index (χ1) is 15.5. The zero-order chi connectivity index (χ0) is 22.5. The van der Waals surface area contributed by atoms with Crippen LogP contribution in [0.2, 0.25) is 0 Å². The number of carbonyl (C=O) groups is 1. The summed E-state index contributed by atoms with van der Waals surface area (Å²) in [7, 11) is 0. The molecule has 0 aliphatic heterocycles. The van der Waals surface area contributed by atoms with Crippen LogP contribution in [0.5, 0.6) is 5.75 Å². The summed E-state index contributed by atoms with van der Waals surface area (Å²) < 4.78 is 21.4. The molecule has 0 saturated heterocycles. The van der Waals surface area contributed by atoms with E-state index < -0.39 is 0 Å². The van der Waals surface area contributed by atoms with E-state index in [4.69, 9.17) is 4.74 Å². The fraction of sp³-hybridized carbons (Fsp3) is 0.182. The monoisotopic (exact) mass is 453 g/mol. The van der Waals surface area contributed by atoms with Crippen LogP contribution in [-0.2, 0) is 11.3 Å². The lowest BCUT2D eigenvalue weighted by atomic mass is 10.2. The van der Waals surface area contributed by atoms with Crippen LogP contribution in [0.3, 0.4) is 0 Å². The summed E-state index contributed by atoms with van der Waals surface area (Å²) in [6.45, 7) is 2.77. The Hall–Kier alpha value is -3.66. The molecule has 2 aromatic carbocycles. The molecule has 32 heavy (non-hydrogen) atoms. The number of hydrogen-bond acceptors (Lipinski definition) is 6. The Kier molecular flexibility index (Phi) is 6.50. The van der Waals surface area contributed by atoms with Gasteiger partial charge in [-0.1, -0.05) is 23.9 Å². The molecule has 2 heterocycles. The molecule has 10 heteroatoms. The van der Waals surface area contributed by atoms with Crippen molar-refractivity contribution in [2.45, 2.75) is 18.6 Å². The fourth-order valence-electron chi connectivity index (χ4n) is 3.02. The molecule has 0 spiro atoms. The van der Waals surface area contributed by atoms with Crippen LogP contribution < -0.4 is 15.6 Å². The Balaban J connectivity index is 1.43. The van der Waals surface area contributed by atoms with Crippen molar-refractivity contribution in [2.24, 2.45) is 0 Å². The van der Waals surface area contributed by atoms with E-state index in [1.165, 1.54) is 28.5 Å². The van der Waals surface area contributed by atoms with Crippen LogP contribution in [0, 0.1) is 5.82 Å². The predicted octanol–water partition coefficient (Wildman–Crippen LogP) is 2.83. The van der Waals surface area contributed by atoms with Gasteiger partial charge in [-0.15, -0.1) is 10.2 Å². The third-order valence-corrected chi connectivity index (χ3v) is 5.54. The van der Waals surface area contributed by atoms with E-state index in [1.54, 1.807) is 53.2 Å². The summed E-state index contributed by atoms with van der Waals surface area (Å²) in [5.74, 6) is 0.295. The Bertz CT molecular complexity index is 1290. The average Bonchev–Trinajstić information content (AvgIpc) is 3.22. The van der Waals surface area contributed by atoms with Gasteiger partial charge in [0, 0.05) is 24.6 Å². The SMILES string of the molecule is CCOc1ccc(-n2ccn3c(SCC(=O)NCc4ccc(F)cc4)nnc3c2=O)cc1. The number of nitrogens with zero attached hydrogens (tertiary/aromatic N) is 4. The first-order valence-corrected chi connectivity index (χ1v) is 10.9. The second-order valence-corrected chi connectivity index (χ2v) is 7.71. The van der Waals surface area contributed by atoms with Crippen molar-refractivity contribution in [1.29, 1.82) is 0 Å². The topological polar surface area (TPSA) is 90.5 Å². The third-order valence-electron chi connectivity index (χ3n) is 4.60. The molecule has 0 saturated carbocycles. The lowest BCUT2D eigenvalue weighted by molar-refractivity contribution is -0.118. The zero-order valence-electron chi connectivity index (χ0n) is 17.2. The number of ether oxygens (including phenoxy) is 1. The second-order valence-electron chi connectivity index (χ2n) is 6.77. The normalized spacial score (nSPS) is 10.9. The van der Waals surface area contributed by atoms with Crippen LogP contribution in [-0.4, -0.2) is 37.4 Å². The van der Waals surface area contributed by atoms with Gasteiger partial charge in [0.25, 0.3) is 0 Å². The quantitative estimate of drug-likeness (QED) is 0.413. The molecule has 0 aliphatic carbocycles. The van der Waals surface area contributed by atoms with Crippen molar-refractivity contribution in [3.05, 3.63) is 82.7 Å². The highest BCUT2D eigenvalue weighted by molar-refractivity contribution is 7.99. The highest BCUT2D eigenvalue weighted by Gasteiger charge is 2.13. The molecule has 0 aliphatic rings. The zero-order valence-corrected chi connectivity index (χ0v) is 18.0. The number of rotatable bonds is 8. The van der Waals surface area contributed by atoms with Crippen LogP contribution >= 0.6 is 11.8 Å². The molecular formula is C22H20FN5O3S. The Morgan fingerprint density at radius 2 is 1.84 bits per heavy atom. The Morgan fingerprint density at radius 3 is 2.56 bits per heavy atom. The van der Waals surface area contributed by atoms with E-state index >= 15 is 0 Å². The molecule has 0 bridgehead atoms. The fourth-order valence-corrected chi connectivity index (χ4v) is 3.77. The number of fused-ring (bicyclic) bond motifs is 1. The van der Waals surface area contributed by atoms with E-state index in [2.05, 4.69) is 15.5 Å². The maximum atomic E-state index is 13.0. The second kappa shape index (κ2) is 9.65. The molecule has 0 fully saturated rings. The highest BCUT2D eigenvalue weighted by atomic mass is 32.2. The molecule has 8 nitrogen and oxygen atoms in total. The van der Waals surface area contributed by atoms with Crippen molar-refractivity contribution in [1.82, 2.24) is 24.5 Å². The molecule has 1 amide bonds. The van der Waals surface area contributed by atoms with Gasteiger partial charge in [0.1, 0.15) is 11.6 Å². The summed E-state index contributed by atoms with van der Waals surface area (Å²) in [6.07, 6.45) is 3.32. The minimum absolute atomic E-state index is 0.101. The first kappa shape index (κ1) is 21.6. The van der Waals surface area contributed by atoms with Crippen LogP contribution in [0.4, 0.5) is 4.39 Å². The predicted molar refractivity (Wildman–Crippen MR) is 119 cm³/mol. The van der Waals surface area contributed by atoms with Crippen molar-refractivity contribution in [3.63, 3.8) is 0 Å². The van der Waals surface area contributed by atoms with Gasteiger partial charge in [-0.2, -0.15) is 0 Å². The van der Waals surface area contributed by atoms with E-state index in [1.807, 2.05) is 6.92 Å². The summed E-state index contributed by atoms with van der Waals surface area (Å²) in [5.41, 5.74) is 1.32. The van der Waals surface area contributed by atoms with Gasteiger partial charge in [0.15, 0.2) is 5.16 Å². The van der Waals surface area contributed by atoms with Crippen molar-refractivity contribution in [3.8, 4) is 11.4 Å². The van der Waals surface area contributed by atoms with Crippen molar-refractivity contribution in [2.75, 3.05) is 12.4 Å². The molecule has 164 valence electrons. The van der Waals surface area contributed by atoms with Crippen LogP contribution in [0.1, 0.15) is 12.5 Å². The van der Waals surface area contributed by atoms with E-state index in [-0.39, 0.29) is 28.7 Å². The number of halogens is 1. The van der Waals surface area contributed by atoms with Gasteiger partial charge >= 0.3 is 5.56 Å². The molecule has 4 rings (SSSR count). The summed E-state index contributed by atoms with van der Waals surface area (Å²) in [4.78, 5) is 25.0. The minimum atomic E-state index is -0.323. The van der Waals surface area contributed by atoms with Crippen molar-refractivity contribution < 1.29 is 13.9 Å². The molecular weight excluding hydrogens is 433 g/mol. The standard InChI is InChI=1S/C22H20FN5O3S/c1-2-31-18-9-7-17(8-10-18)27-11-12-28-20(21(27)30)25-26-22(28)32-14-19(29)24-13-15-3-5-16(23)6-4-15/h3-12H,2,13-14H2,1H3,(H,24,29). The summed E-state index contributed by atoms with van der Waals surface area (Å²) in [5, 5.41) is 11.3. The van der Waals surface area contributed by atoms with Crippen LogP contribution in [0.25, 0.3) is 11.3 Å². The van der Waals surface area contributed by atoms with Gasteiger partial charge in [0.2, 0.25) is 11.6 Å². The van der Waals surface area contributed by atoms with Gasteiger partial charge in [-0.05, 0) is 48.9 Å². The largest absolute Gasteiger partial charge is 0.494 e. The lowest BCUT2D eigenvalue weighted by Gasteiger charge is -2.08. The number of benzene rings is 2. The lowest BCUT2D eigenvalue weighted by Crippen LogP contribution is -2.24. The molecule has 0 atom stereocenters. The average molecular weight is 453 g/mol. The maximum Gasteiger partial charge on any atom is 0.300 e.